The lowest BCUT2D eigenvalue weighted by molar-refractivity contribution is -0.188. The van der Waals surface area contributed by atoms with Gasteiger partial charge in [-0.1, -0.05) is 0 Å². The molecule has 200 valence electrons. The minimum Gasteiger partial charge on any atom is -0.477 e. The van der Waals surface area contributed by atoms with Crippen molar-refractivity contribution in [3.63, 3.8) is 0 Å². The van der Waals surface area contributed by atoms with Crippen LogP contribution in [0.25, 0.3) is 0 Å². The first-order valence-corrected chi connectivity index (χ1v) is 11.6. The largest absolute Gasteiger partial charge is 0.477 e. The zero-order chi connectivity index (χ0) is 27.0. The van der Waals surface area contributed by atoms with Crippen LogP contribution in [0.2, 0.25) is 0 Å². The fourth-order valence-electron chi connectivity index (χ4n) is 3.52. The summed E-state index contributed by atoms with van der Waals surface area (Å²) in [4.78, 5) is 59.9. The molecule has 0 aromatic heterocycles. The van der Waals surface area contributed by atoms with Gasteiger partial charge in [-0.2, -0.15) is 0 Å². The molecule has 14 heteroatoms. The van der Waals surface area contributed by atoms with E-state index in [4.69, 9.17) is 35.9 Å². The summed E-state index contributed by atoms with van der Waals surface area (Å²) in [6, 6.07) is -1.62. The molecule has 0 aromatic rings. The smallest absolute Gasteiger partial charge is 0.373 e. The molecular weight excluding hydrogens is 498 g/mol. The zero-order valence-corrected chi connectivity index (χ0v) is 21.5. The SMILES string of the molecule is COC(=O)C1=C[C@H](NC(=S)NC2CC2)[C@@H](NC(C)=O)[C@H]([C@H](OC(C)=O)[C@@H](COC(C)=O)OC(C)=O)O1. The van der Waals surface area contributed by atoms with Crippen molar-refractivity contribution in [2.24, 2.45) is 0 Å². The lowest BCUT2D eigenvalue weighted by atomic mass is 9.91. The van der Waals surface area contributed by atoms with Gasteiger partial charge in [-0.05, 0) is 31.1 Å². The van der Waals surface area contributed by atoms with Crippen molar-refractivity contribution in [1.82, 2.24) is 16.0 Å². The third kappa shape index (κ3) is 8.98. The maximum Gasteiger partial charge on any atom is 0.373 e. The van der Waals surface area contributed by atoms with Gasteiger partial charge in [-0.25, -0.2) is 4.79 Å². The van der Waals surface area contributed by atoms with Crippen LogP contribution in [0.1, 0.15) is 40.5 Å². The average Bonchev–Trinajstić information content (AvgIpc) is 3.58. The summed E-state index contributed by atoms with van der Waals surface area (Å²) in [5, 5.41) is 9.10. The molecule has 0 saturated heterocycles. The van der Waals surface area contributed by atoms with Gasteiger partial charge in [0.25, 0.3) is 0 Å². The Balaban J connectivity index is 2.52. The summed E-state index contributed by atoms with van der Waals surface area (Å²) in [6.07, 6.45) is -0.799. The standard InChI is InChI=1S/C22H31N3O10S/c1-10(26)23-18-15(25-22(36)24-14-6-7-14)8-16(21(30)31-5)35-20(18)19(34-13(4)29)17(33-12(3)28)9-32-11(2)27/h8,14-15,17-20H,6-7,9H2,1-5H3,(H,23,26)(H2,24,25,36)/t15-,17+,18+,19+,20+/m0/s1. The molecule has 1 aliphatic heterocycles. The number of methoxy groups -OCH3 is 1. The Morgan fingerprint density at radius 3 is 2.14 bits per heavy atom. The van der Waals surface area contributed by atoms with Crippen molar-refractivity contribution in [2.45, 2.75) is 77.0 Å². The monoisotopic (exact) mass is 529 g/mol. The van der Waals surface area contributed by atoms with Gasteiger partial charge in [0.05, 0.1) is 19.2 Å². The Hall–Kier alpha value is -3.42. The van der Waals surface area contributed by atoms with Crippen molar-refractivity contribution >= 4 is 47.1 Å². The van der Waals surface area contributed by atoms with Crippen LogP contribution >= 0.6 is 12.2 Å². The number of hydrogen-bond acceptors (Lipinski definition) is 11. The van der Waals surface area contributed by atoms with Crippen LogP contribution < -0.4 is 16.0 Å². The molecule has 0 unspecified atom stereocenters. The molecule has 0 aromatic carbocycles. The highest BCUT2D eigenvalue weighted by molar-refractivity contribution is 7.80. The average molecular weight is 530 g/mol. The van der Waals surface area contributed by atoms with Gasteiger partial charge in [-0.3, -0.25) is 19.2 Å². The summed E-state index contributed by atoms with van der Waals surface area (Å²) in [5.41, 5.74) is 0. The van der Waals surface area contributed by atoms with Gasteiger partial charge < -0.3 is 39.6 Å². The van der Waals surface area contributed by atoms with Crippen molar-refractivity contribution in [1.29, 1.82) is 0 Å². The Bertz CT molecular complexity index is 920. The van der Waals surface area contributed by atoms with Crippen molar-refractivity contribution in [2.75, 3.05) is 13.7 Å². The second-order valence-electron chi connectivity index (χ2n) is 8.27. The molecular formula is C22H31N3O10S. The Morgan fingerprint density at radius 2 is 1.64 bits per heavy atom. The molecule has 1 saturated carbocycles. The first-order valence-electron chi connectivity index (χ1n) is 11.2. The van der Waals surface area contributed by atoms with Crippen LogP contribution in [0.5, 0.6) is 0 Å². The van der Waals surface area contributed by atoms with Gasteiger partial charge in [0.1, 0.15) is 6.61 Å². The van der Waals surface area contributed by atoms with Crippen LogP contribution in [0, 0.1) is 0 Å². The van der Waals surface area contributed by atoms with Crippen molar-refractivity contribution in [3.8, 4) is 0 Å². The second kappa shape index (κ2) is 13.0. The van der Waals surface area contributed by atoms with E-state index in [0.29, 0.717) is 0 Å². The minimum absolute atomic E-state index is 0.217. The zero-order valence-electron chi connectivity index (χ0n) is 20.7. The molecule has 2 aliphatic rings. The predicted octanol–water partition coefficient (Wildman–Crippen LogP) is -0.632. The van der Waals surface area contributed by atoms with Gasteiger partial charge in [0.2, 0.25) is 11.7 Å². The van der Waals surface area contributed by atoms with Crippen LogP contribution in [0.15, 0.2) is 11.8 Å². The summed E-state index contributed by atoms with van der Waals surface area (Å²) < 4.78 is 26.4. The highest BCUT2D eigenvalue weighted by Gasteiger charge is 2.48. The summed E-state index contributed by atoms with van der Waals surface area (Å²) in [6.45, 7) is 4.15. The van der Waals surface area contributed by atoms with Crippen molar-refractivity contribution < 1.29 is 47.7 Å². The maximum atomic E-state index is 12.4. The van der Waals surface area contributed by atoms with E-state index in [1.807, 2.05) is 0 Å². The first kappa shape index (κ1) is 28.8. The van der Waals surface area contributed by atoms with Crippen LogP contribution in [-0.2, 0) is 47.7 Å². The fraction of sp³-hybridized carbons (Fsp3) is 0.636. The van der Waals surface area contributed by atoms with E-state index in [9.17, 15) is 24.0 Å². The Kier molecular flexibility index (Phi) is 10.4. The highest BCUT2D eigenvalue weighted by atomic mass is 32.1. The molecule has 0 radical (unpaired) electrons. The molecule has 2 rings (SSSR count). The molecule has 1 aliphatic carbocycles. The Labute approximate surface area is 213 Å². The normalized spacial score (nSPS) is 22.4. The molecule has 0 spiro atoms. The van der Waals surface area contributed by atoms with Gasteiger partial charge >= 0.3 is 23.9 Å². The van der Waals surface area contributed by atoms with E-state index in [0.717, 1.165) is 40.7 Å². The molecule has 36 heavy (non-hydrogen) atoms. The molecule has 13 nitrogen and oxygen atoms in total. The molecule has 1 heterocycles. The maximum absolute atomic E-state index is 12.4. The molecule has 0 bridgehead atoms. The third-order valence-corrected chi connectivity index (χ3v) is 5.30. The summed E-state index contributed by atoms with van der Waals surface area (Å²) in [5.74, 6) is -3.80. The van der Waals surface area contributed by atoms with Crippen LogP contribution in [-0.4, -0.2) is 85.1 Å². The minimum atomic E-state index is -1.43. The van der Waals surface area contributed by atoms with E-state index >= 15 is 0 Å². The predicted molar refractivity (Wildman–Crippen MR) is 126 cm³/mol. The number of thiocarbonyl (C=S) groups is 1. The number of rotatable bonds is 10. The first-order chi connectivity index (χ1) is 16.9. The molecule has 1 amide bonds. The van der Waals surface area contributed by atoms with Crippen molar-refractivity contribution in [3.05, 3.63) is 11.8 Å². The number of hydrogen-bond donors (Lipinski definition) is 3. The number of amides is 1. The summed E-state index contributed by atoms with van der Waals surface area (Å²) >= 11 is 5.37. The van der Waals surface area contributed by atoms with E-state index in [-0.39, 0.29) is 16.9 Å². The fourth-order valence-corrected chi connectivity index (χ4v) is 3.82. The number of esters is 4. The molecule has 5 atom stereocenters. The number of ether oxygens (including phenoxy) is 5. The highest BCUT2D eigenvalue weighted by Crippen LogP contribution is 2.27. The second-order valence-corrected chi connectivity index (χ2v) is 8.68. The number of nitrogens with one attached hydrogen (secondary N) is 3. The quantitative estimate of drug-likeness (QED) is 0.186. The lowest BCUT2D eigenvalue weighted by Crippen LogP contribution is -2.65. The van der Waals surface area contributed by atoms with E-state index in [2.05, 4.69) is 16.0 Å². The lowest BCUT2D eigenvalue weighted by Gasteiger charge is -2.42. The molecule has 1 fully saturated rings. The Morgan fingerprint density at radius 1 is 1.00 bits per heavy atom. The van der Waals surface area contributed by atoms with Gasteiger partial charge in [-0.15, -0.1) is 0 Å². The topological polar surface area (TPSA) is 168 Å². The van der Waals surface area contributed by atoms with Crippen LogP contribution in [0.3, 0.4) is 0 Å². The van der Waals surface area contributed by atoms with E-state index in [1.54, 1.807) is 0 Å². The molecule has 3 N–H and O–H groups in total. The van der Waals surface area contributed by atoms with Crippen LogP contribution in [0.4, 0.5) is 0 Å². The number of carbonyl (C=O) groups excluding carboxylic acids is 5. The van der Waals surface area contributed by atoms with E-state index in [1.165, 1.54) is 13.0 Å². The van der Waals surface area contributed by atoms with Gasteiger partial charge in [0.15, 0.2) is 23.4 Å². The van der Waals surface area contributed by atoms with Gasteiger partial charge in [0, 0.05) is 33.7 Å². The third-order valence-electron chi connectivity index (χ3n) is 5.06. The summed E-state index contributed by atoms with van der Waals surface area (Å²) in [7, 11) is 1.15. The number of carbonyl (C=O) groups is 5. The van der Waals surface area contributed by atoms with E-state index < -0.39 is 66.8 Å².